The van der Waals surface area contributed by atoms with Crippen LogP contribution in [0.3, 0.4) is 0 Å². The Morgan fingerprint density at radius 1 is 1.33 bits per heavy atom. The molecule has 0 rings (SSSR count). The van der Waals surface area contributed by atoms with Crippen LogP contribution < -0.4 is 0 Å². The van der Waals surface area contributed by atoms with Gasteiger partial charge in [-0.15, -0.1) is 0 Å². The minimum Gasteiger partial charge on any atom is -0.466 e. The quantitative estimate of drug-likeness (QED) is 0.701. The van der Waals surface area contributed by atoms with Gasteiger partial charge in [-0.3, -0.25) is 4.79 Å². The van der Waals surface area contributed by atoms with E-state index in [1.807, 2.05) is 0 Å². The van der Waals surface area contributed by atoms with Crippen LogP contribution in [0, 0.1) is 0 Å². The van der Waals surface area contributed by atoms with Gasteiger partial charge in [0.15, 0.2) is 6.10 Å². The van der Waals surface area contributed by atoms with E-state index in [4.69, 9.17) is 4.74 Å². The third-order valence-corrected chi connectivity index (χ3v) is 1.38. The van der Waals surface area contributed by atoms with Crippen molar-refractivity contribution in [1.82, 2.24) is 0 Å². The van der Waals surface area contributed by atoms with Gasteiger partial charge in [0, 0.05) is 13.3 Å². The molecule has 5 heteroatoms. The highest BCUT2D eigenvalue weighted by Gasteiger charge is 2.23. The third kappa shape index (κ3) is 7.93. The third-order valence-electron chi connectivity index (χ3n) is 1.38. The Kier molecular flexibility index (Phi) is 5.28. The standard InChI is InChI=1S/C10H18O5/c1-7(11)14-6-5-8(12)9(13)15-10(2,3)4/h8,12H,5-6H2,1-4H3/t8-/m0/s1. The molecule has 0 aromatic carbocycles. The van der Waals surface area contributed by atoms with Crippen molar-refractivity contribution in [2.45, 2.75) is 45.8 Å². The number of aliphatic hydroxyl groups is 1. The van der Waals surface area contributed by atoms with E-state index >= 15 is 0 Å². The Bertz CT molecular complexity index is 228. The molecule has 0 aromatic heterocycles. The molecule has 0 fully saturated rings. The Morgan fingerprint density at radius 3 is 2.27 bits per heavy atom. The summed E-state index contributed by atoms with van der Waals surface area (Å²) in [6, 6.07) is 0. The molecule has 1 atom stereocenters. The van der Waals surface area contributed by atoms with Crippen molar-refractivity contribution in [2.24, 2.45) is 0 Å². The molecule has 0 unspecified atom stereocenters. The second-order valence-electron chi connectivity index (χ2n) is 4.18. The molecular formula is C10H18O5. The average molecular weight is 218 g/mol. The Hall–Kier alpha value is -1.10. The lowest BCUT2D eigenvalue weighted by molar-refractivity contribution is -0.166. The lowest BCUT2D eigenvalue weighted by atomic mass is 10.2. The molecule has 0 spiro atoms. The number of carbonyl (C=O) groups excluding carboxylic acids is 2. The summed E-state index contributed by atoms with van der Waals surface area (Å²) in [7, 11) is 0. The number of carbonyl (C=O) groups is 2. The van der Waals surface area contributed by atoms with Gasteiger partial charge < -0.3 is 14.6 Å². The minimum atomic E-state index is -1.25. The van der Waals surface area contributed by atoms with E-state index in [1.54, 1.807) is 20.8 Å². The fourth-order valence-corrected chi connectivity index (χ4v) is 0.802. The first-order valence-corrected chi connectivity index (χ1v) is 4.76. The minimum absolute atomic E-state index is 0.00967. The highest BCUT2D eigenvalue weighted by Crippen LogP contribution is 2.09. The molecule has 0 aliphatic rings. The molecule has 1 N–H and O–H groups in total. The van der Waals surface area contributed by atoms with E-state index in [1.165, 1.54) is 6.92 Å². The zero-order valence-electron chi connectivity index (χ0n) is 9.57. The van der Waals surface area contributed by atoms with Crippen LogP contribution in [0.15, 0.2) is 0 Å². The van der Waals surface area contributed by atoms with Gasteiger partial charge in [-0.05, 0) is 20.8 Å². The number of hydrogen-bond donors (Lipinski definition) is 1. The maximum atomic E-state index is 11.2. The monoisotopic (exact) mass is 218 g/mol. The molecule has 88 valence electrons. The molecule has 0 aliphatic heterocycles. The zero-order chi connectivity index (χ0) is 12.1. The van der Waals surface area contributed by atoms with Crippen LogP contribution in [0.5, 0.6) is 0 Å². The first-order valence-electron chi connectivity index (χ1n) is 4.76. The lowest BCUT2D eigenvalue weighted by Crippen LogP contribution is -2.32. The van der Waals surface area contributed by atoms with E-state index in [9.17, 15) is 14.7 Å². The predicted molar refractivity (Wildman–Crippen MR) is 53.1 cm³/mol. The molecule has 0 heterocycles. The van der Waals surface area contributed by atoms with Crippen LogP contribution in [0.4, 0.5) is 0 Å². The van der Waals surface area contributed by atoms with Crippen LogP contribution in [0.1, 0.15) is 34.1 Å². The van der Waals surface area contributed by atoms with Crippen molar-refractivity contribution in [1.29, 1.82) is 0 Å². The van der Waals surface area contributed by atoms with Gasteiger partial charge in [0.25, 0.3) is 0 Å². The largest absolute Gasteiger partial charge is 0.466 e. The number of hydrogen-bond acceptors (Lipinski definition) is 5. The first kappa shape index (κ1) is 13.9. The maximum Gasteiger partial charge on any atom is 0.335 e. The summed E-state index contributed by atoms with van der Waals surface area (Å²) in [6.45, 7) is 6.41. The van der Waals surface area contributed by atoms with E-state index in [-0.39, 0.29) is 13.0 Å². The van der Waals surface area contributed by atoms with Crippen molar-refractivity contribution < 1.29 is 24.2 Å². The maximum absolute atomic E-state index is 11.2. The fourth-order valence-electron chi connectivity index (χ4n) is 0.802. The number of rotatable bonds is 4. The summed E-state index contributed by atoms with van der Waals surface area (Å²) >= 11 is 0. The van der Waals surface area contributed by atoms with Crippen LogP contribution in [-0.4, -0.2) is 35.4 Å². The van der Waals surface area contributed by atoms with E-state index in [0.717, 1.165) is 0 Å². The molecule has 0 aliphatic carbocycles. The molecule has 0 bridgehead atoms. The van der Waals surface area contributed by atoms with E-state index in [0.29, 0.717) is 0 Å². The van der Waals surface area contributed by atoms with Gasteiger partial charge in [-0.25, -0.2) is 4.79 Å². The van der Waals surface area contributed by atoms with Crippen molar-refractivity contribution in [3.05, 3.63) is 0 Å². The van der Waals surface area contributed by atoms with Crippen LogP contribution >= 0.6 is 0 Å². The number of aliphatic hydroxyl groups excluding tert-OH is 1. The average Bonchev–Trinajstić information content (AvgIpc) is 1.99. The highest BCUT2D eigenvalue weighted by molar-refractivity contribution is 5.74. The molecule has 0 amide bonds. The summed E-state index contributed by atoms with van der Waals surface area (Å²) in [5, 5.41) is 9.33. The number of esters is 2. The second kappa shape index (κ2) is 5.70. The molecule has 15 heavy (non-hydrogen) atoms. The van der Waals surface area contributed by atoms with E-state index in [2.05, 4.69) is 4.74 Å². The topological polar surface area (TPSA) is 72.8 Å². The molecular weight excluding hydrogens is 200 g/mol. The molecule has 0 saturated carbocycles. The normalized spacial score (nSPS) is 13.1. The van der Waals surface area contributed by atoms with Gasteiger partial charge in [0.05, 0.1) is 6.61 Å². The summed E-state index contributed by atoms with van der Waals surface area (Å²) in [4.78, 5) is 21.6. The predicted octanol–water partition coefficient (Wildman–Crippen LogP) is 0.642. The highest BCUT2D eigenvalue weighted by atomic mass is 16.6. The summed E-state index contributed by atoms with van der Waals surface area (Å²) in [5.41, 5.74) is -0.625. The zero-order valence-corrected chi connectivity index (χ0v) is 9.57. The number of ether oxygens (including phenoxy) is 2. The van der Waals surface area contributed by atoms with Gasteiger partial charge >= 0.3 is 11.9 Å². The fraction of sp³-hybridized carbons (Fsp3) is 0.800. The van der Waals surface area contributed by atoms with Gasteiger partial charge in [-0.2, -0.15) is 0 Å². The van der Waals surface area contributed by atoms with Crippen molar-refractivity contribution in [2.75, 3.05) is 6.61 Å². The smallest absolute Gasteiger partial charge is 0.335 e. The van der Waals surface area contributed by atoms with Gasteiger partial charge in [0.1, 0.15) is 5.60 Å². The summed E-state index contributed by atoms with van der Waals surface area (Å²) < 4.78 is 9.51. The van der Waals surface area contributed by atoms with Gasteiger partial charge in [-0.1, -0.05) is 0 Å². The van der Waals surface area contributed by atoms with Crippen LogP contribution in [-0.2, 0) is 19.1 Å². The van der Waals surface area contributed by atoms with E-state index < -0.39 is 23.6 Å². The summed E-state index contributed by atoms with van der Waals surface area (Å²) in [5.74, 6) is -1.14. The molecule has 0 aromatic rings. The van der Waals surface area contributed by atoms with Crippen molar-refractivity contribution in [3.63, 3.8) is 0 Å². The lowest BCUT2D eigenvalue weighted by Gasteiger charge is -2.21. The Morgan fingerprint density at radius 2 is 1.87 bits per heavy atom. The van der Waals surface area contributed by atoms with Crippen LogP contribution in [0.25, 0.3) is 0 Å². The first-order chi connectivity index (χ1) is 6.72. The molecule has 0 saturated heterocycles. The van der Waals surface area contributed by atoms with Crippen LogP contribution in [0.2, 0.25) is 0 Å². The molecule has 5 nitrogen and oxygen atoms in total. The molecule has 0 radical (unpaired) electrons. The van der Waals surface area contributed by atoms with Crippen molar-refractivity contribution >= 4 is 11.9 Å². The Balaban J connectivity index is 3.85. The van der Waals surface area contributed by atoms with Gasteiger partial charge in [0.2, 0.25) is 0 Å². The summed E-state index contributed by atoms with van der Waals surface area (Å²) in [6.07, 6.45) is -1.20. The SMILES string of the molecule is CC(=O)OCC[C@H](O)C(=O)OC(C)(C)C. The second-order valence-corrected chi connectivity index (χ2v) is 4.18. The Labute approximate surface area is 89.4 Å². The van der Waals surface area contributed by atoms with Crippen molar-refractivity contribution in [3.8, 4) is 0 Å².